The highest BCUT2D eigenvalue weighted by Crippen LogP contribution is 2.09. The molecule has 1 aromatic heterocycles. The van der Waals surface area contributed by atoms with Gasteiger partial charge in [-0.25, -0.2) is 4.98 Å². The highest BCUT2D eigenvalue weighted by Gasteiger charge is 2.16. The molecule has 0 radical (unpaired) electrons. The van der Waals surface area contributed by atoms with Crippen LogP contribution in [0.1, 0.15) is 48.6 Å². The van der Waals surface area contributed by atoms with Crippen LogP contribution in [0.2, 0.25) is 0 Å². The minimum absolute atomic E-state index is 0.120. The number of amides is 2. The van der Waals surface area contributed by atoms with Gasteiger partial charge in [0.15, 0.2) is 5.69 Å². The third kappa shape index (κ3) is 5.88. The Morgan fingerprint density at radius 2 is 1.96 bits per heavy atom. The molecule has 6 heteroatoms. The maximum atomic E-state index is 12.5. The van der Waals surface area contributed by atoms with Crippen LogP contribution in [0.3, 0.4) is 0 Å². The van der Waals surface area contributed by atoms with Gasteiger partial charge in [0.25, 0.3) is 5.91 Å². The molecule has 0 unspecified atom stereocenters. The van der Waals surface area contributed by atoms with Gasteiger partial charge in [-0.15, -0.1) is 0 Å². The summed E-state index contributed by atoms with van der Waals surface area (Å²) in [7, 11) is 0. The maximum Gasteiger partial charge on any atom is 0.273 e. The molecule has 1 aromatic carbocycles. The molecule has 0 aliphatic heterocycles. The molecular formula is C20H25N3O3. The third-order valence-electron chi connectivity index (χ3n) is 3.67. The van der Waals surface area contributed by atoms with Crippen LogP contribution in [0.4, 0.5) is 0 Å². The van der Waals surface area contributed by atoms with Gasteiger partial charge in [-0.1, -0.05) is 44.2 Å². The molecule has 0 fully saturated rings. The first kappa shape index (κ1) is 19.4. The molecular weight excluding hydrogens is 330 g/mol. The Labute approximate surface area is 153 Å². The lowest BCUT2D eigenvalue weighted by Crippen LogP contribution is -2.30. The van der Waals surface area contributed by atoms with Gasteiger partial charge in [-0.05, 0) is 24.5 Å². The quantitative estimate of drug-likeness (QED) is 0.701. The molecule has 0 atom stereocenters. The van der Waals surface area contributed by atoms with Gasteiger partial charge in [0, 0.05) is 19.2 Å². The molecule has 0 aliphatic rings. The van der Waals surface area contributed by atoms with E-state index in [1.54, 1.807) is 17.1 Å². The molecule has 0 spiro atoms. The number of carbonyl (C=O) groups excluding carboxylic acids is 2. The fourth-order valence-corrected chi connectivity index (χ4v) is 2.35. The number of nitrogens with one attached hydrogen (secondary N) is 1. The lowest BCUT2D eigenvalue weighted by molar-refractivity contribution is -0.126. The summed E-state index contributed by atoms with van der Waals surface area (Å²) in [5, 5.41) is 2.75. The average molecular weight is 355 g/mol. The molecule has 138 valence electrons. The topological polar surface area (TPSA) is 75.4 Å². The molecule has 0 saturated carbocycles. The first-order valence-corrected chi connectivity index (χ1v) is 8.88. The average Bonchev–Trinajstić information content (AvgIpc) is 3.13. The van der Waals surface area contributed by atoms with Crippen LogP contribution in [-0.2, 0) is 11.3 Å². The third-order valence-corrected chi connectivity index (χ3v) is 3.67. The number of benzene rings is 1. The minimum atomic E-state index is -0.265. The highest BCUT2D eigenvalue weighted by atomic mass is 16.3. The zero-order valence-electron chi connectivity index (χ0n) is 15.3. The van der Waals surface area contributed by atoms with Gasteiger partial charge >= 0.3 is 0 Å². The Hall–Kier alpha value is -2.89. The Morgan fingerprint density at radius 1 is 1.19 bits per heavy atom. The zero-order chi connectivity index (χ0) is 18.8. The molecule has 0 bridgehead atoms. The van der Waals surface area contributed by atoms with E-state index in [-0.39, 0.29) is 24.1 Å². The van der Waals surface area contributed by atoms with Crippen LogP contribution < -0.4 is 5.32 Å². The Kier molecular flexibility index (Phi) is 7.61. The summed E-state index contributed by atoms with van der Waals surface area (Å²) < 4.78 is 5.37. The first-order chi connectivity index (χ1) is 12.6. The van der Waals surface area contributed by atoms with Crippen molar-refractivity contribution in [3.63, 3.8) is 0 Å². The van der Waals surface area contributed by atoms with Crippen molar-refractivity contribution in [2.75, 3.05) is 13.1 Å². The number of nitrogens with zero attached hydrogens (tertiary/aromatic N) is 2. The summed E-state index contributed by atoms with van der Waals surface area (Å²) in [5.74, 6) is -0.0355. The summed E-state index contributed by atoms with van der Waals surface area (Å²) >= 11 is 0. The van der Waals surface area contributed by atoms with Crippen molar-refractivity contribution < 1.29 is 14.0 Å². The van der Waals surface area contributed by atoms with E-state index in [4.69, 9.17) is 4.42 Å². The Balaban J connectivity index is 2.01. The van der Waals surface area contributed by atoms with Gasteiger partial charge in [0.05, 0.1) is 6.54 Å². The molecule has 26 heavy (non-hydrogen) atoms. The second-order valence-corrected chi connectivity index (χ2v) is 5.89. The van der Waals surface area contributed by atoms with Crippen molar-refractivity contribution in [1.82, 2.24) is 15.2 Å². The predicted molar refractivity (Wildman–Crippen MR) is 100 cm³/mol. The smallest absolute Gasteiger partial charge is 0.273 e. The Morgan fingerprint density at radius 3 is 2.65 bits per heavy atom. The van der Waals surface area contributed by atoms with Crippen LogP contribution in [0, 0.1) is 0 Å². The summed E-state index contributed by atoms with van der Waals surface area (Å²) in [6.45, 7) is 5.38. The molecule has 2 rings (SSSR count). The lowest BCUT2D eigenvalue weighted by atomic mass is 10.2. The highest BCUT2D eigenvalue weighted by molar-refractivity contribution is 5.92. The number of hydrogen-bond acceptors (Lipinski definition) is 4. The predicted octanol–water partition coefficient (Wildman–Crippen LogP) is 3.27. The fourth-order valence-electron chi connectivity index (χ4n) is 2.35. The SMILES string of the molecule is CCCNC(=O)c1coc(CN(CCC)C(=O)/C=C/c2ccccc2)n1. The molecule has 1 heterocycles. The minimum Gasteiger partial charge on any atom is -0.446 e. The number of hydrogen-bond donors (Lipinski definition) is 1. The van der Waals surface area contributed by atoms with E-state index in [1.807, 2.05) is 44.2 Å². The Bertz CT molecular complexity index is 738. The van der Waals surface area contributed by atoms with Crippen LogP contribution in [-0.4, -0.2) is 34.8 Å². The first-order valence-electron chi connectivity index (χ1n) is 8.88. The van der Waals surface area contributed by atoms with Crippen molar-refractivity contribution >= 4 is 17.9 Å². The fraction of sp³-hybridized carbons (Fsp3) is 0.350. The summed E-state index contributed by atoms with van der Waals surface area (Å²) in [6, 6.07) is 9.64. The number of aromatic nitrogens is 1. The molecule has 2 aromatic rings. The summed E-state index contributed by atoms with van der Waals surface area (Å²) in [5.41, 5.74) is 1.19. The van der Waals surface area contributed by atoms with Crippen LogP contribution >= 0.6 is 0 Å². The van der Waals surface area contributed by atoms with Crippen molar-refractivity contribution in [2.45, 2.75) is 33.2 Å². The van der Waals surface area contributed by atoms with Gasteiger partial charge < -0.3 is 14.6 Å². The largest absolute Gasteiger partial charge is 0.446 e. The molecule has 6 nitrogen and oxygen atoms in total. The molecule has 0 saturated heterocycles. The van der Waals surface area contributed by atoms with E-state index < -0.39 is 0 Å². The van der Waals surface area contributed by atoms with E-state index in [1.165, 1.54) is 6.26 Å². The van der Waals surface area contributed by atoms with Crippen molar-refractivity contribution in [3.8, 4) is 0 Å². The molecule has 1 N–H and O–H groups in total. The van der Waals surface area contributed by atoms with Gasteiger partial charge in [0.1, 0.15) is 6.26 Å². The van der Waals surface area contributed by atoms with E-state index in [9.17, 15) is 9.59 Å². The van der Waals surface area contributed by atoms with Gasteiger partial charge in [0.2, 0.25) is 11.8 Å². The summed E-state index contributed by atoms with van der Waals surface area (Å²) in [4.78, 5) is 30.2. The lowest BCUT2D eigenvalue weighted by Gasteiger charge is -2.18. The van der Waals surface area contributed by atoms with E-state index >= 15 is 0 Å². The normalized spacial score (nSPS) is 10.8. The molecule has 2 amide bonds. The standard InChI is InChI=1S/C20H25N3O3/c1-3-12-21-20(25)17-15-26-18(22-17)14-23(13-4-2)19(24)11-10-16-8-6-5-7-9-16/h5-11,15H,3-4,12-14H2,1-2H3,(H,21,25)/b11-10+. The summed E-state index contributed by atoms with van der Waals surface area (Å²) in [6.07, 6.45) is 6.32. The van der Waals surface area contributed by atoms with Crippen molar-refractivity contribution in [2.24, 2.45) is 0 Å². The monoisotopic (exact) mass is 355 g/mol. The van der Waals surface area contributed by atoms with Crippen LogP contribution in [0.5, 0.6) is 0 Å². The second kappa shape index (κ2) is 10.2. The van der Waals surface area contributed by atoms with Crippen molar-refractivity contribution in [1.29, 1.82) is 0 Å². The van der Waals surface area contributed by atoms with E-state index in [0.29, 0.717) is 19.0 Å². The number of carbonyl (C=O) groups is 2. The van der Waals surface area contributed by atoms with Crippen molar-refractivity contribution in [3.05, 3.63) is 59.8 Å². The van der Waals surface area contributed by atoms with Gasteiger partial charge in [-0.3, -0.25) is 9.59 Å². The van der Waals surface area contributed by atoms with Crippen LogP contribution in [0.25, 0.3) is 6.08 Å². The number of oxazole rings is 1. The van der Waals surface area contributed by atoms with E-state index in [2.05, 4.69) is 10.3 Å². The van der Waals surface area contributed by atoms with Gasteiger partial charge in [-0.2, -0.15) is 0 Å². The maximum absolute atomic E-state index is 12.5. The second-order valence-electron chi connectivity index (χ2n) is 5.89. The zero-order valence-corrected chi connectivity index (χ0v) is 15.3. The number of rotatable bonds is 9. The van der Waals surface area contributed by atoms with E-state index in [0.717, 1.165) is 18.4 Å². The molecule has 0 aliphatic carbocycles. The van der Waals surface area contributed by atoms with Crippen LogP contribution in [0.15, 0.2) is 47.1 Å².